The van der Waals surface area contributed by atoms with Crippen molar-refractivity contribution in [2.24, 2.45) is 0 Å². The van der Waals surface area contributed by atoms with Crippen molar-refractivity contribution in [3.8, 4) is 5.88 Å². The van der Waals surface area contributed by atoms with E-state index in [-0.39, 0.29) is 11.4 Å². The second-order valence-electron chi connectivity index (χ2n) is 3.74. The molecule has 0 bridgehead atoms. The maximum atomic E-state index is 12.8. The van der Waals surface area contributed by atoms with E-state index in [1.54, 1.807) is 4.57 Å². The smallest absolute Gasteiger partial charge is 0.196 e. The van der Waals surface area contributed by atoms with Crippen molar-refractivity contribution in [2.45, 2.75) is 26.3 Å². The molecular formula is C9H14FNO. The first-order valence-electron chi connectivity index (χ1n) is 3.87. The lowest BCUT2D eigenvalue weighted by molar-refractivity contribution is 0.308. The fraction of sp³-hybridized carbons (Fsp3) is 0.556. The summed E-state index contributed by atoms with van der Waals surface area (Å²) in [5.74, 6) is 0.293. The largest absolute Gasteiger partial charge is 0.482 e. The van der Waals surface area contributed by atoms with Gasteiger partial charge in [0.15, 0.2) is 5.88 Å². The van der Waals surface area contributed by atoms with Gasteiger partial charge in [0.25, 0.3) is 0 Å². The van der Waals surface area contributed by atoms with E-state index < -0.39 is 0 Å². The summed E-state index contributed by atoms with van der Waals surface area (Å²) in [6, 6.07) is 1.38. The van der Waals surface area contributed by atoms with Gasteiger partial charge >= 0.3 is 0 Å². The molecule has 0 aliphatic heterocycles. The highest BCUT2D eigenvalue weighted by Gasteiger charge is 2.17. The molecule has 0 aliphatic carbocycles. The molecule has 0 aliphatic rings. The topological polar surface area (TPSA) is 14.2 Å². The van der Waals surface area contributed by atoms with Crippen molar-refractivity contribution in [3.63, 3.8) is 0 Å². The first kappa shape index (κ1) is 9.10. The lowest BCUT2D eigenvalue weighted by Crippen LogP contribution is -2.21. The number of hydrogen-bond acceptors (Lipinski definition) is 1. The van der Waals surface area contributed by atoms with Gasteiger partial charge in [0.1, 0.15) is 5.82 Å². The van der Waals surface area contributed by atoms with Gasteiger partial charge in [-0.15, -0.1) is 0 Å². The van der Waals surface area contributed by atoms with Crippen LogP contribution in [0.1, 0.15) is 20.8 Å². The summed E-state index contributed by atoms with van der Waals surface area (Å²) in [5, 5.41) is 0. The first-order chi connectivity index (χ1) is 5.45. The van der Waals surface area contributed by atoms with Crippen molar-refractivity contribution in [1.29, 1.82) is 0 Å². The summed E-state index contributed by atoms with van der Waals surface area (Å²) in [4.78, 5) is 0. The quantitative estimate of drug-likeness (QED) is 0.632. The molecule has 68 valence electrons. The number of hydrogen-bond donors (Lipinski definition) is 0. The Hall–Kier alpha value is -0.990. The Balaban J connectivity index is 3.13. The highest BCUT2D eigenvalue weighted by Crippen LogP contribution is 2.24. The van der Waals surface area contributed by atoms with Crippen LogP contribution in [-0.4, -0.2) is 11.7 Å². The molecule has 1 aromatic heterocycles. The van der Waals surface area contributed by atoms with Crippen LogP contribution in [0.15, 0.2) is 12.3 Å². The molecule has 12 heavy (non-hydrogen) atoms. The van der Waals surface area contributed by atoms with Gasteiger partial charge in [-0.1, -0.05) is 0 Å². The van der Waals surface area contributed by atoms with Gasteiger partial charge in [-0.25, -0.2) is 4.39 Å². The molecule has 0 aromatic carbocycles. The summed E-state index contributed by atoms with van der Waals surface area (Å²) < 4.78 is 19.6. The van der Waals surface area contributed by atoms with Gasteiger partial charge in [0, 0.05) is 17.8 Å². The number of aromatic nitrogens is 1. The van der Waals surface area contributed by atoms with E-state index in [4.69, 9.17) is 4.74 Å². The Morgan fingerprint density at radius 1 is 1.42 bits per heavy atom. The Bertz CT molecular complexity index is 273. The third kappa shape index (κ3) is 1.60. The fourth-order valence-corrected chi connectivity index (χ4v) is 1.09. The van der Waals surface area contributed by atoms with Crippen LogP contribution in [0.2, 0.25) is 0 Å². The van der Waals surface area contributed by atoms with Crippen LogP contribution in [0, 0.1) is 5.82 Å². The Morgan fingerprint density at radius 2 is 2.00 bits per heavy atom. The average molecular weight is 171 g/mol. The Labute approximate surface area is 72.0 Å². The zero-order valence-corrected chi connectivity index (χ0v) is 7.89. The normalized spacial score (nSPS) is 11.8. The predicted molar refractivity (Wildman–Crippen MR) is 45.9 cm³/mol. The minimum Gasteiger partial charge on any atom is -0.482 e. The van der Waals surface area contributed by atoms with Crippen molar-refractivity contribution < 1.29 is 9.13 Å². The number of ether oxygens (including phenoxy) is 1. The third-order valence-corrected chi connectivity index (χ3v) is 1.68. The Morgan fingerprint density at radius 3 is 2.33 bits per heavy atom. The molecule has 0 atom stereocenters. The molecule has 0 amide bonds. The molecule has 0 fully saturated rings. The molecule has 3 heteroatoms. The average Bonchev–Trinajstić information content (AvgIpc) is 2.29. The van der Waals surface area contributed by atoms with Crippen LogP contribution in [0.25, 0.3) is 0 Å². The van der Waals surface area contributed by atoms with E-state index in [2.05, 4.69) is 0 Å². The summed E-state index contributed by atoms with van der Waals surface area (Å²) in [7, 11) is 1.54. The van der Waals surface area contributed by atoms with E-state index in [0.29, 0.717) is 5.88 Å². The monoisotopic (exact) mass is 171 g/mol. The molecule has 0 radical (unpaired) electrons. The van der Waals surface area contributed by atoms with Crippen LogP contribution in [0.5, 0.6) is 5.88 Å². The molecular weight excluding hydrogens is 157 g/mol. The molecule has 1 heterocycles. The van der Waals surface area contributed by atoms with Crippen molar-refractivity contribution in [2.75, 3.05) is 7.11 Å². The number of halogens is 1. The molecule has 0 saturated heterocycles. The van der Waals surface area contributed by atoms with Crippen molar-refractivity contribution in [1.82, 2.24) is 4.57 Å². The van der Waals surface area contributed by atoms with Crippen LogP contribution >= 0.6 is 0 Å². The lowest BCUT2D eigenvalue weighted by atomic mass is 10.1. The van der Waals surface area contributed by atoms with E-state index in [1.165, 1.54) is 19.4 Å². The highest BCUT2D eigenvalue weighted by atomic mass is 19.1. The number of methoxy groups -OCH3 is 1. The molecule has 0 saturated carbocycles. The number of rotatable bonds is 1. The minimum atomic E-state index is -0.262. The van der Waals surface area contributed by atoms with Crippen molar-refractivity contribution >= 4 is 0 Å². The molecule has 0 N–H and O–H groups in total. The van der Waals surface area contributed by atoms with E-state index in [9.17, 15) is 4.39 Å². The first-order valence-corrected chi connectivity index (χ1v) is 3.87. The second-order valence-corrected chi connectivity index (χ2v) is 3.74. The lowest BCUT2D eigenvalue weighted by Gasteiger charge is -2.22. The van der Waals surface area contributed by atoms with Gasteiger partial charge in [0.2, 0.25) is 0 Å². The van der Waals surface area contributed by atoms with Gasteiger partial charge in [-0.2, -0.15) is 0 Å². The maximum Gasteiger partial charge on any atom is 0.196 e. The Kier molecular flexibility index (Phi) is 2.13. The highest BCUT2D eigenvalue weighted by molar-refractivity contribution is 5.17. The standard InChI is InChI=1S/C9H14FNO/c1-9(2,3)11-6-7(10)5-8(11)12-4/h5-6H,1-4H3. The fourth-order valence-electron chi connectivity index (χ4n) is 1.09. The van der Waals surface area contributed by atoms with Gasteiger partial charge in [0.05, 0.1) is 7.11 Å². The minimum absolute atomic E-state index is 0.143. The molecule has 1 aromatic rings. The van der Waals surface area contributed by atoms with Crippen LogP contribution in [0.3, 0.4) is 0 Å². The van der Waals surface area contributed by atoms with E-state index in [0.717, 1.165) is 0 Å². The second kappa shape index (κ2) is 2.81. The molecule has 1 rings (SSSR count). The van der Waals surface area contributed by atoms with E-state index >= 15 is 0 Å². The third-order valence-electron chi connectivity index (χ3n) is 1.68. The summed E-state index contributed by atoms with van der Waals surface area (Å²) >= 11 is 0. The zero-order valence-electron chi connectivity index (χ0n) is 7.89. The molecule has 0 spiro atoms. The van der Waals surface area contributed by atoms with Crippen LogP contribution in [-0.2, 0) is 5.54 Å². The molecule has 2 nitrogen and oxygen atoms in total. The summed E-state index contributed by atoms with van der Waals surface area (Å²) in [5.41, 5.74) is -0.143. The van der Waals surface area contributed by atoms with Crippen LogP contribution in [0.4, 0.5) is 4.39 Å². The summed E-state index contributed by atoms with van der Waals surface area (Å²) in [6.45, 7) is 5.98. The maximum absolute atomic E-state index is 12.8. The molecule has 0 unspecified atom stereocenters. The number of nitrogens with zero attached hydrogens (tertiary/aromatic N) is 1. The van der Waals surface area contributed by atoms with Gasteiger partial charge in [-0.3, -0.25) is 0 Å². The zero-order chi connectivity index (χ0) is 9.35. The van der Waals surface area contributed by atoms with Crippen LogP contribution < -0.4 is 4.74 Å². The SMILES string of the molecule is COc1cc(F)cn1C(C)(C)C. The van der Waals surface area contributed by atoms with Crippen molar-refractivity contribution in [3.05, 3.63) is 18.1 Å². The van der Waals surface area contributed by atoms with Gasteiger partial charge in [-0.05, 0) is 20.8 Å². The van der Waals surface area contributed by atoms with Gasteiger partial charge < -0.3 is 9.30 Å². The predicted octanol–water partition coefficient (Wildman–Crippen LogP) is 2.39. The summed E-state index contributed by atoms with van der Waals surface area (Å²) in [6.07, 6.45) is 1.44. The van der Waals surface area contributed by atoms with E-state index in [1.807, 2.05) is 20.8 Å².